The van der Waals surface area contributed by atoms with Gasteiger partial charge in [-0.2, -0.15) is 4.31 Å². The summed E-state index contributed by atoms with van der Waals surface area (Å²) in [5.41, 5.74) is 2.84. The fourth-order valence-electron chi connectivity index (χ4n) is 4.73. The van der Waals surface area contributed by atoms with Crippen molar-refractivity contribution in [2.45, 2.75) is 83.2 Å². The van der Waals surface area contributed by atoms with Crippen molar-refractivity contribution < 1.29 is 8.42 Å². The van der Waals surface area contributed by atoms with Crippen LogP contribution < -0.4 is 5.32 Å². The second-order valence-corrected chi connectivity index (χ2v) is 10.4. The summed E-state index contributed by atoms with van der Waals surface area (Å²) in [4.78, 5) is 0.510. The largest absolute Gasteiger partial charge is 0.311 e. The third-order valence-electron chi connectivity index (χ3n) is 6.14. The molecule has 0 bridgehead atoms. The van der Waals surface area contributed by atoms with Crippen molar-refractivity contribution in [3.05, 3.63) is 28.8 Å². The lowest BCUT2D eigenvalue weighted by Crippen LogP contribution is -2.48. The first-order valence-corrected chi connectivity index (χ1v) is 11.6. The van der Waals surface area contributed by atoms with Gasteiger partial charge < -0.3 is 5.32 Å². The molecule has 1 saturated carbocycles. The zero-order valence-electron chi connectivity index (χ0n) is 16.7. The van der Waals surface area contributed by atoms with Crippen molar-refractivity contribution in [1.29, 1.82) is 0 Å². The van der Waals surface area contributed by atoms with Crippen LogP contribution in [0.15, 0.2) is 17.0 Å². The average Bonchev–Trinajstić information content (AvgIpc) is 2.56. The van der Waals surface area contributed by atoms with Gasteiger partial charge in [-0.25, -0.2) is 8.42 Å². The van der Waals surface area contributed by atoms with Gasteiger partial charge in [0.2, 0.25) is 10.0 Å². The van der Waals surface area contributed by atoms with E-state index in [1.165, 1.54) is 25.7 Å². The summed E-state index contributed by atoms with van der Waals surface area (Å²) in [5.74, 6) is 0.862. The molecular formula is C21H34N2O2S. The molecule has 1 aliphatic carbocycles. The SMILES string of the molecule is Cc1cc(C)c(S(=O)(=O)N2CCC(N[C@H]3CC[C@H](C)CC3)CC2)c(C)c1. The quantitative estimate of drug-likeness (QED) is 0.863. The first-order valence-electron chi connectivity index (χ1n) is 10.1. The van der Waals surface area contributed by atoms with Crippen molar-refractivity contribution >= 4 is 10.0 Å². The molecule has 0 radical (unpaired) electrons. The summed E-state index contributed by atoms with van der Waals surface area (Å²) in [5, 5.41) is 3.80. The number of aryl methyl sites for hydroxylation is 3. The van der Waals surface area contributed by atoms with Gasteiger partial charge in [0.1, 0.15) is 0 Å². The van der Waals surface area contributed by atoms with E-state index in [-0.39, 0.29) is 0 Å². The number of nitrogens with one attached hydrogen (secondary N) is 1. The zero-order chi connectivity index (χ0) is 18.9. The first-order chi connectivity index (χ1) is 12.3. The minimum absolute atomic E-state index is 0.458. The Morgan fingerprint density at radius 3 is 1.92 bits per heavy atom. The molecule has 1 heterocycles. The molecule has 1 aliphatic heterocycles. The highest BCUT2D eigenvalue weighted by atomic mass is 32.2. The summed E-state index contributed by atoms with van der Waals surface area (Å²) in [6.07, 6.45) is 6.99. The van der Waals surface area contributed by atoms with E-state index >= 15 is 0 Å². The van der Waals surface area contributed by atoms with E-state index in [1.807, 2.05) is 32.9 Å². The van der Waals surface area contributed by atoms with Crippen LogP contribution in [0.3, 0.4) is 0 Å². The van der Waals surface area contributed by atoms with Crippen LogP contribution in [0.25, 0.3) is 0 Å². The van der Waals surface area contributed by atoms with E-state index in [1.54, 1.807) is 4.31 Å². The fraction of sp³-hybridized carbons (Fsp3) is 0.714. The molecule has 0 unspecified atom stereocenters. The van der Waals surface area contributed by atoms with Crippen LogP contribution in [-0.2, 0) is 10.0 Å². The second kappa shape index (κ2) is 7.99. The Labute approximate surface area is 159 Å². The van der Waals surface area contributed by atoms with Crippen LogP contribution in [0.4, 0.5) is 0 Å². The predicted molar refractivity (Wildman–Crippen MR) is 107 cm³/mol. The number of nitrogens with zero attached hydrogens (tertiary/aromatic N) is 1. The van der Waals surface area contributed by atoms with Crippen LogP contribution in [-0.4, -0.2) is 37.9 Å². The van der Waals surface area contributed by atoms with Gasteiger partial charge in [0.15, 0.2) is 0 Å². The molecule has 0 amide bonds. The van der Waals surface area contributed by atoms with Crippen molar-refractivity contribution in [1.82, 2.24) is 9.62 Å². The van der Waals surface area contributed by atoms with Crippen molar-refractivity contribution in [3.63, 3.8) is 0 Å². The summed E-state index contributed by atoms with van der Waals surface area (Å²) in [6.45, 7) is 9.41. The van der Waals surface area contributed by atoms with E-state index in [0.717, 1.165) is 35.4 Å². The molecule has 1 aromatic rings. The van der Waals surface area contributed by atoms with Crippen LogP contribution in [0.5, 0.6) is 0 Å². The predicted octanol–water partition coefficient (Wildman–Crippen LogP) is 3.93. The Bertz CT molecular complexity index is 705. The Morgan fingerprint density at radius 2 is 1.38 bits per heavy atom. The lowest BCUT2D eigenvalue weighted by molar-refractivity contribution is 0.236. The molecule has 0 atom stereocenters. The number of sulfonamides is 1. The average molecular weight is 379 g/mol. The van der Waals surface area contributed by atoms with Crippen LogP contribution >= 0.6 is 0 Å². The molecule has 26 heavy (non-hydrogen) atoms. The fourth-order valence-corrected chi connectivity index (χ4v) is 6.61. The maximum Gasteiger partial charge on any atom is 0.243 e. The van der Waals surface area contributed by atoms with E-state index < -0.39 is 10.0 Å². The highest BCUT2D eigenvalue weighted by Crippen LogP contribution is 2.28. The van der Waals surface area contributed by atoms with Crippen LogP contribution in [0, 0.1) is 26.7 Å². The van der Waals surface area contributed by atoms with Crippen molar-refractivity contribution in [3.8, 4) is 0 Å². The maximum atomic E-state index is 13.2. The van der Waals surface area contributed by atoms with Gasteiger partial charge in [0, 0.05) is 25.2 Å². The third-order valence-corrected chi connectivity index (χ3v) is 8.35. The summed E-state index contributed by atoms with van der Waals surface area (Å²) in [7, 11) is -3.40. The molecule has 2 fully saturated rings. The van der Waals surface area contributed by atoms with Gasteiger partial charge in [-0.15, -0.1) is 0 Å². The molecule has 0 aromatic heterocycles. The number of hydrogen-bond donors (Lipinski definition) is 1. The van der Waals surface area contributed by atoms with E-state index in [4.69, 9.17) is 0 Å². The molecule has 5 heteroatoms. The van der Waals surface area contributed by atoms with Gasteiger partial charge >= 0.3 is 0 Å². The number of hydrogen-bond acceptors (Lipinski definition) is 3. The topological polar surface area (TPSA) is 49.4 Å². The minimum atomic E-state index is -3.40. The Kier molecular flexibility index (Phi) is 6.10. The molecule has 4 nitrogen and oxygen atoms in total. The van der Waals surface area contributed by atoms with Crippen LogP contribution in [0.1, 0.15) is 62.1 Å². The molecular weight excluding hydrogens is 344 g/mol. The van der Waals surface area contributed by atoms with E-state index in [2.05, 4.69) is 12.2 Å². The molecule has 1 N–H and O–H groups in total. The standard InChI is InChI=1S/C21H34N2O2S/c1-15-5-7-19(8-6-15)22-20-9-11-23(12-10-20)26(24,25)21-17(3)13-16(2)14-18(21)4/h13-15,19-20,22H,5-12H2,1-4H3/t15-,19-. The highest BCUT2D eigenvalue weighted by Gasteiger charge is 2.32. The normalized spacial score (nSPS) is 26.2. The Hall–Kier alpha value is -0.910. The molecule has 146 valence electrons. The van der Waals surface area contributed by atoms with E-state index in [9.17, 15) is 8.42 Å². The van der Waals surface area contributed by atoms with Gasteiger partial charge in [-0.3, -0.25) is 0 Å². The molecule has 3 rings (SSSR count). The molecule has 1 aromatic carbocycles. The highest BCUT2D eigenvalue weighted by molar-refractivity contribution is 7.89. The summed E-state index contributed by atoms with van der Waals surface area (Å²) >= 11 is 0. The second-order valence-electron chi connectivity index (χ2n) is 8.53. The summed E-state index contributed by atoms with van der Waals surface area (Å²) < 4.78 is 28.1. The molecule has 2 aliphatic rings. The zero-order valence-corrected chi connectivity index (χ0v) is 17.5. The molecule has 0 spiro atoms. The van der Waals surface area contributed by atoms with Crippen molar-refractivity contribution in [2.24, 2.45) is 5.92 Å². The van der Waals surface area contributed by atoms with Gasteiger partial charge in [0.25, 0.3) is 0 Å². The molecule has 1 saturated heterocycles. The van der Waals surface area contributed by atoms with Crippen LogP contribution in [0.2, 0.25) is 0 Å². The smallest absolute Gasteiger partial charge is 0.243 e. The third kappa shape index (κ3) is 4.32. The lowest BCUT2D eigenvalue weighted by atomic mass is 9.86. The Morgan fingerprint density at radius 1 is 0.885 bits per heavy atom. The number of piperidine rings is 1. The van der Waals surface area contributed by atoms with E-state index in [0.29, 0.717) is 30.1 Å². The van der Waals surface area contributed by atoms with Crippen molar-refractivity contribution in [2.75, 3.05) is 13.1 Å². The maximum absolute atomic E-state index is 13.2. The lowest BCUT2D eigenvalue weighted by Gasteiger charge is -2.36. The number of benzene rings is 1. The van der Waals surface area contributed by atoms with Gasteiger partial charge in [-0.05, 0) is 76.3 Å². The number of rotatable bonds is 4. The minimum Gasteiger partial charge on any atom is -0.311 e. The first kappa shape index (κ1) is 19.8. The Balaban J connectivity index is 1.62. The monoisotopic (exact) mass is 378 g/mol. The summed E-state index contributed by atoms with van der Waals surface area (Å²) in [6, 6.07) is 5.03. The van der Waals surface area contributed by atoms with Gasteiger partial charge in [-0.1, -0.05) is 24.6 Å². The van der Waals surface area contributed by atoms with Gasteiger partial charge in [0.05, 0.1) is 4.90 Å².